The first-order valence-electron chi connectivity index (χ1n) is 4.91. The first-order valence-corrected chi connectivity index (χ1v) is 7.21. The van der Waals surface area contributed by atoms with Crippen LogP contribution in [0.2, 0.25) is 20.1 Å². The van der Waals surface area contributed by atoms with Crippen molar-refractivity contribution < 1.29 is 0 Å². The fraction of sp³-hybridized carbons (Fsp3) is 0. The van der Waals surface area contributed by atoms with Gasteiger partial charge in [0.15, 0.2) is 0 Å². The SMILES string of the molecule is Nc1cc(Cl)c(Br)c(Cl)c1.Nc1cc(Cl)cc(Cl)c1. The molecule has 2 nitrogen and oxygen atoms in total. The highest BCUT2D eigenvalue weighted by atomic mass is 79.9. The van der Waals surface area contributed by atoms with Gasteiger partial charge in [0.05, 0.1) is 14.5 Å². The van der Waals surface area contributed by atoms with Crippen molar-refractivity contribution in [2.45, 2.75) is 0 Å². The van der Waals surface area contributed by atoms with Crippen molar-refractivity contribution in [2.75, 3.05) is 11.5 Å². The van der Waals surface area contributed by atoms with Gasteiger partial charge in [0.1, 0.15) is 0 Å². The number of hydrogen-bond donors (Lipinski definition) is 2. The van der Waals surface area contributed by atoms with Gasteiger partial charge >= 0.3 is 0 Å². The van der Waals surface area contributed by atoms with Crippen molar-refractivity contribution in [3.05, 3.63) is 54.9 Å². The van der Waals surface area contributed by atoms with Crippen LogP contribution in [0.15, 0.2) is 34.8 Å². The Labute approximate surface area is 139 Å². The molecule has 0 atom stereocenters. The van der Waals surface area contributed by atoms with Crippen LogP contribution in [-0.4, -0.2) is 0 Å². The topological polar surface area (TPSA) is 52.0 Å². The maximum absolute atomic E-state index is 5.71. The molecule has 0 fully saturated rings. The van der Waals surface area contributed by atoms with E-state index in [-0.39, 0.29) is 0 Å². The summed E-state index contributed by atoms with van der Waals surface area (Å²) in [4.78, 5) is 0. The van der Waals surface area contributed by atoms with Crippen LogP contribution in [0.3, 0.4) is 0 Å². The summed E-state index contributed by atoms with van der Waals surface area (Å²) in [7, 11) is 0. The van der Waals surface area contributed by atoms with Gasteiger partial charge in [-0.05, 0) is 46.3 Å². The van der Waals surface area contributed by atoms with Gasteiger partial charge in [-0.1, -0.05) is 46.4 Å². The molecule has 0 bridgehead atoms. The van der Waals surface area contributed by atoms with Crippen LogP contribution >= 0.6 is 62.3 Å². The zero-order valence-corrected chi connectivity index (χ0v) is 14.0. The summed E-state index contributed by atoms with van der Waals surface area (Å²) in [6.07, 6.45) is 0. The van der Waals surface area contributed by atoms with Gasteiger partial charge in [0.25, 0.3) is 0 Å². The van der Waals surface area contributed by atoms with E-state index in [1.807, 2.05) is 0 Å². The van der Waals surface area contributed by atoms with Crippen LogP contribution in [0.5, 0.6) is 0 Å². The van der Waals surface area contributed by atoms with Gasteiger partial charge in [-0.25, -0.2) is 0 Å². The molecule has 102 valence electrons. The van der Waals surface area contributed by atoms with Crippen molar-refractivity contribution in [3.63, 3.8) is 0 Å². The Morgan fingerprint density at radius 1 is 0.684 bits per heavy atom. The highest BCUT2D eigenvalue weighted by Crippen LogP contribution is 2.32. The standard InChI is InChI=1S/C6H4BrCl2N.C6H5Cl2N/c7-6-4(8)1-3(10)2-5(6)9;7-4-1-5(8)3-6(9)2-4/h1-2H,10H2;1-3H,9H2. The minimum atomic E-state index is 0.532. The Kier molecular flexibility index (Phi) is 6.57. The predicted octanol–water partition coefficient (Wildman–Crippen LogP) is 5.91. The van der Waals surface area contributed by atoms with Gasteiger partial charge < -0.3 is 11.5 Å². The molecule has 19 heavy (non-hydrogen) atoms. The molecular weight excluding hydrogens is 394 g/mol. The summed E-state index contributed by atoms with van der Waals surface area (Å²) in [5.74, 6) is 0. The molecule has 0 radical (unpaired) electrons. The second kappa shape index (κ2) is 7.46. The Bertz CT molecular complexity index is 516. The van der Waals surface area contributed by atoms with Gasteiger partial charge in [-0.3, -0.25) is 0 Å². The Morgan fingerprint density at radius 2 is 1.05 bits per heavy atom. The molecule has 2 aromatic carbocycles. The van der Waals surface area contributed by atoms with Crippen molar-refractivity contribution in [2.24, 2.45) is 0 Å². The number of benzene rings is 2. The van der Waals surface area contributed by atoms with Crippen LogP contribution in [0.1, 0.15) is 0 Å². The van der Waals surface area contributed by atoms with Crippen LogP contribution in [-0.2, 0) is 0 Å². The third kappa shape index (κ3) is 5.67. The first-order chi connectivity index (χ1) is 8.79. The number of halogens is 5. The lowest BCUT2D eigenvalue weighted by Gasteiger charge is -1.99. The van der Waals surface area contributed by atoms with E-state index < -0.39 is 0 Å². The van der Waals surface area contributed by atoms with E-state index >= 15 is 0 Å². The van der Waals surface area contributed by atoms with Crippen LogP contribution in [0.25, 0.3) is 0 Å². The molecule has 0 aliphatic rings. The number of nitrogens with two attached hydrogens (primary N) is 2. The number of nitrogen functional groups attached to an aromatic ring is 2. The monoisotopic (exact) mass is 400 g/mol. The lowest BCUT2D eigenvalue weighted by molar-refractivity contribution is 1.63. The third-order valence-electron chi connectivity index (χ3n) is 1.89. The Hall–Kier alpha value is -0.320. The lowest BCUT2D eigenvalue weighted by Crippen LogP contribution is -1.84. The largest absolute Gasteiger partial charge is 0.399 e. The molecule has 0 saturated heterocycles. The molecular formula is C12H9BrCl4N2. The smallest absolute Gasteiger partial charge is 0.0583 e. The molecule has 0 aliphatic heterocycles. The Balaban J connectivity index is 0.000000191. The maximum Gasteiger partial charge on any atom is 0.0583 e. The summed E-state index contributed by atoms with van der Waals surface area (Å²) >= 11 is 25.8. The minimum Gasteiger partial charge on any atom is -0.399 e. The molecule has 2 aromatic rings. The zero-order valence-electron chi connectivity index (χ0n) is 9.43. The molecule has 7 heteroatoms. The number of anilines is 2. The molecule has 0 amide bonds. The molecule has 0 heterocycles. The summed E-state index contributed by atoms with van der Waals surface area (Å²) in [6.45, 7) is 0. The van der Waals surface area contributed by atoms with Crippen molar-refractivity contribution >= 4 is 73.7 Å². The van der Waals surface area contributed by atoms with Crippen LogP contribution < -0.4 is 11.5 Å². The highest BCUT2D eigenvalue weighted by Gasteiger charge is 2.02. The molecule has 4 N–H and O–H groups in total. The van der Waals surface area contributed by atoms with Crippen molar-refractivity contribution in [1.29, 1.82) is 0 Å². The Morgan fingerprint density at radius 3 is 1.42 bits per heavy atom. The molecule has 0 spiro atoms. The van der Waals surface area contributed by atoms with E-state index in [1.165, 1.54) is 0 Å². The average molecular weight is 403 g/mol. The summed E-state index contributed by atoms with van der Waals surface area (Å²) in [5.41, 5.74) is 12.0. The normalized spacial score (nSPS) is 9.74. The van der Waals surface area contributed by atoms with E-state index in [2.05, 4.69) is 15.9 Å². The van der Waals surface area contributed by atoms with Crippen molar-refractivity contribution in [3.8, 4) is 0 Å². The molecule has 2 rings (SSSR count). The number of hydrogen-bond acceptors (Lipinski definition) is 2. The van der Waals surface area contributed by atoms with E-state index in [0.717, 1.165) is 0 Å². The summed E-state index contributed by atoms with van der Waals surface area (Å²) < 4.78 is 0.685. The highest BCUT2D eigenvalue weighted by molar-refractivity contribution is 9.10. The quantitative estimate of drug-likeness (QED) is 0.425. The van der Waals surface area contributed by atoms with E-state index in [9.17, 15) is 0 Å². The zero-order chi connectivity index (χ0) is 14.6. The fourth-order valence-electron chi connectivity index (χ4n) is 1.15. The fourth-order valence-corrected chi connectivity index (χ4v) is 2.43. The van der Waals surface area contributed by atoms with Crippen LogP contribution in [0.4, 0.5) is 11.4 Å². The predicted molar refractivity (Wildman–Crippen MR) is 89.4 cm³/mol. The molecule has 0 saturated carbocycles. The second-order valence-corrected chi connectivity index (χ2v) is 5.98. The van der Waals surface area contributed by atoms with E-state index in [1.54, 1.807) is 30.3 Å². The molecule has 0 unspecified atom stereocenters. The van der Waals surface area contributed by atoms with Crippen LogP contribution in [0, 0.1) is 0 Å². The molecule has 0 aromatic heterocycles. The first kappa shape index (κ1) is 16.7. The van der Waals surface area contributed by atoms with Gasteiger partial charge in [-0.2, -0.15) is 0 Å². The average Bonchev–Trinajstić information content (AvgIpc) is 2.24. The lowest BCUT2D eigenvalue weighted by atomic mass is 10.3. The van der Waals surface area contributed by atoms with Gasteiger partial charge in [-0.15, -0.1) is 0 Å². The second-order valence-electron chi connectivity index (χ2n) is 3.50. The number of rotatable bonds is 0. The maximum atomic E-state index is 5.71. The summed E-state index contributed by atoms with van der Waals surface area (Å²) in [6, 6.07) is 8.20. The molecule has 0 aliphatic carbocycles. The van der Waals surface area contributed by atoms with E-state index in [4.69, 9.17) is 57.9 Å². The summed E-state index contributed by atoms with van der Waals surface area (Å²) in [5, 5.41) is 2.20. The third-order valence-corrected chi connectivity index (χ3v) is 4.23. The van der Waals surface area contributed by atoms with Gasteiger partial charge in [0.2, 0.25) is 0 Å². The van der Waals surface area contributed by atoms with Crippen molar-refractivity contribution in [1.82, 2.24) is 0 Å². The minimum absolute atomic E-state index is 0.532. The van der Waals surface area contributed by atoms with Gasteiger partial charge in [0, 0.05) is 21.4 Å². The van der Waals surface area contributed by atoms with E-state index in [0.29, 0.717) is 35.9 Å².